The fourth-order valence-electron chi connectivity index (χ4n) is 3.34. The van der Waals surface area contributed by atoms with Crippen molar-refractivity contribution in [3.8, 4) is 23.1 Å². The van der Waals surface area contributed by atoms with Crippen LogP contribution in [0.25, 0.3) is 5.69 Å². The minimum atomic E-state index is -4.20. The predicted molar refractivity (Wildman–Crippen MR) is 121 cm³/mol. The van der Waals surface area contributed by atoms with E-state index in [4.69, 9.17) is 27.9 Å². The van der Waals surface area contributed by atoms with Gasteiger partial charge in [-0.25, -0.2) is 27.0 Å². The average Bonchev–Trinajstić information content (AvgIpc) is 3.24. The number of alkyl halides is 2. The zero-order chi connectivity index (χ0) is 26.4. The Labute approximate surface area is 210 Å². The smallest absolute Gasteiger partial charge is 0.349 e. The molecule has 3 N–H and O–H groups in total. The monoisotopic (exact) mass is 565 g/mol. The lowest BCUT2D eigenvalue weighted by Gasteiger charge is -2.17. The van der Waals surface area contributed by atoms with Gasteiger partial charge in [0.05, 0.1) is 28.0 Å². The number of sulfonamides is 1. The van der Waals surface area contributed by atoms with Crippen molar-refractivity contribution in [3.05, 3.63) is 61.0 Å². The quantitative estimate of drug-likeness (QED) is 0.403. The number of hydrogen-bond donors (Lipinski definition) is 3. The summed E-state index contributed by atoms with van der Waals surface area (Å²) in [7, 11) is -4.20. The number of H-pyrrole nitrogens is 1. The molecule has 12 nitrogen and oxygen atoms in total. The van der Waals surface area contributed by atoms with Crippen LogP contribution in [0.15, 0.2) is 38.9 Å². The number of nitrogens with one attached hydrogen (secondary N) is 1. The summed E-state index contributed by atoms with van der Waals surface area (Å²) in [5.41, 5.74) is -3.87. The minimum absolute atomic E-state index is 0.0476. The van der Waals surface area contributed by atoms with Crippen LogP contribution in [0.5, 0.6) is 17.4 Å². The average molecular weight is 566 g/mol. The minimum Gasteiger partial charge on any atom is -0.505 e. The molecule has 0 unspecified atom stereocenters. The first kappa shape index (κ1) is 26.0. The maximum atomic E-state index is 13.0. The third-order valence-corrected chi connectivity index (χ3v) is 7.51. The summed E-state index contributed by atoms with van der Waals surface area (Å²) in [6.45, 7) is -0.100. The fraction of sp³-hybridized carbons (Fsp3) is 0.263. The molecule has 3 aromatic rings. The zero-order valence-corrected chi connectivity index (χ0v) is 20.1. The molecule has 1 aromatic carbocycles. The van der Waals surface area contributed by atoms with Crippen LogP contribution in [0.1, 0.15) is 18.5 Å². The van der Waals surface area contributed by atoms with Crippen LogP contribution < -0.4 is 16.0 Å². The lowest BCUT2D eigenvalue weighted by Crippen LogP contribution is -2.34. The number of halogens is 4. The van der Waals surface area contributed by atoms with Crippen molar-refractivity contribution in [1.82, 2.24) is 24.1 Å². The zero-order valence-electron chi connectivity index (χ0n) is 17.7. The highest BCUT2D eigenvalue weighted by atomic mass is 35.5. The molecular formula is C19H15Cl2F2N5O7S. The summed E-state index contributed by atoms with van der Waals surface area (Å²) in [5.74, 6) is -1.23. The number of aromatic nitrogens is 4. The van der Waals surface area contributed by atoms with Crippen LogP contribution in [0.3, 0.4) is 0 Å². The Morgan fingerprint density at radius 1 is 1.19 bits per heavy atom. The lowest BCUT2D eigenvalue weighted by atomic mass is 10.3. The largest absolute Gasteiger partial charge is 0.505 e. The Bertz CT molecular complexity index is 1540. The fourth-order valence-corrected chi connectivity index (χ4v) is 5.46. The number of pyridine rings is 1. The van der Waals surface area contributed by atoms with Gasteiger partial charge in [0.15, 0.2) is 17.2 Å². The van der Waals surface area contributed by atoms with Crippen molar-refractivity contribution in [2.75, 3.05) is 13.1 Å². The molecule has 2 aromatic heterocycles. The summed E-state index contributed by atoms with van der Waals surface area (Å²) >= 11 is 12.4. The Morgan fingerprint density at radius 3 is 2.44 bits per heavy atom. The molecule has 0 bridgehead atoms. The molecule has 0 saturated carbocycles. The van der Waals surface area contributed by atoms with Crippen LogP contribution in [-0.2, 0) is 10.0 Å². The Hall–Kier alpha value is -3.11. The van der Waals surface area contributed by atoms with E-state index in [1.165, 1.54) is 0 Å². The summed E-state index contributed by atoms with van der Waals surface area (Å²) in [6, 6.07) is 3.08. The molecule has 0 radical (unpaired) electrons. The number of β-amino-alcohol motifs (C(OH)–C–C–N with tert-alkyl or cyclic N) is 1. The number of rotatable bonds is 6. The number of aliphatic hydroxyl groups excluding tert-OH is 1. The molecule has 17 heteroatoms. The van der Waals surface area contributed by atoms with Gasteiger partial charge < -0.3 is 14.9 Å². The van der Waals surface area contributed by atoms with Gasteiger partial charge in [-0.3, -0.25) is 9.78 Å². The highest BCUT2D eigenvalue weighted by molar-refractivity contribution is 7.89. The normalized spacial score (nSPS) is 16.6. The molecule has 4 rings (SSSR count). The van der Waals surface area contributed by atoms with Crippen molar-refractivity contribution in [2.24, 2.45) is 0 Å². The lowest BCUT2D eigenvalue weighted by molar-refractivity contribution is 0.141. The van der Waals surface area contributed by atoms with E-state index in [2.05, 4.69) is 10.1 Å². The van der Waals surface area contributed by atoms with E-state index in [0.717, 1.165) is 28.7 Å². The van der Waals surface area contributed by atoms with E-state index >= 15 is 0 Å². The van der Waals surface area contributed by atoms with Crippen molar-refractivity contribution in [1.29, 1.82) is 0 Å². The first-order chi connectivity index (χ1) is 16.9. The van der Waals surface area contributed by atoms with E-state index < -0.39 is 50.1 Å². The van der Waals surface area contributed by atoms with Gasteiger partial charge in [0.2, 0.25) is 15.9 Å². The second kappa shape index (κ2) is 9.74. The van der Waals surface area contributed by atoms with Gasteiger partial charge in [-0.05, 0) is 18.6 Å². The predicted octanol–water partition coefficient (Wildman–Crippen LogP) is 1.81. The van der Waals surface area contributed by atoms with Crippen LogP contribution in [0, 0.1) is 0 Å². The maximum Gasteiger partial charge on any atom is 0.349 e. The SMILES string of the molecule is O=c1[nH]c(=O)n(-c2cc(Cl)c(Oc3cc(S(=O)(=O)N4CC[C@@H](O)C4)c(O)cn3)c(Cl)c2)nc1C(F)F. The molecule has 0 amide bonds. The second-order valence-corrected chi connectivity index (χ2v) is 10.2. The van der Waals surface area contributed by atoms with E-state index in [0.29, 0.717) is 4.68 Å². The molecule has 1 fully saturated rings. The number of aromatic amines is 1. The molecule has 1 saturated heterocycles. The summed E-state index contributed by atoms with van der Waals surface area (Å²) < 4.78 is 58.8. The third kappa shape index (κ3) is 4.92. The first-order valence-electron chi connectivity index (χ1n) is 9.94. The molecule has 3 heterocycles. The van der Waals surface area contributed by atoms with E-state index in [1.807, 2.05) is 0 Å². The van der Waals surface area contributed by atoms with Crippen molar-refractivity contribution >= 4 is 33.2 Å². The van der Waals surface area contributed by atoms with E-state index in [9.17, 15) is 37.0 Å². The number of benzene rings is 1. The maximum absolute atomic E-state index is 13.0. The first-order valence-corrected chi connectivity index (χ1v) is 12.1. The third-order valence-electron chi connectivity index (χ3n) is 5.06. The number of nitrogens with zero attached hydrogens (tertiary/aromatic N) is 4. The van der Waals surface area contributed by atoms with Crippen LogP contribution in [0.4, 0.5) is 8.78 Å². The van der Waals surface area contributed by atoms with Crippen LogP contribution in [-0.4, -0.2) is 61.9 Å². The number of aromatic hydroxyl groups is 1. The van der Waals surface area contributed by atoms with Crippen LogP contribution >= 0.6 is 23.2 Å². The number of ether oxygens (including phenoxy) is 1. The second-order valence-electron chi connectivity index (χ2n) is 7.49. The Morgan fingerprint density at radius 2 is 1.86 bits per heavy atom. The summed E-state index contributed by atoms with van der Waals surface area (Å²) in [4.78, 5) is 28.6. The van der Waals surface area contributed by atoms with Crippen molar-refractivity contribution in [2.45, 2.75) is 23.8 Å². The summed E-state index contributed by atoms with van der Waals surface area (Å²) in [6.07, 6.45) is -3.03. The van der Waals surface area contributed by atoms with Gasteiger partial charge in [0.25, 0.3) is 12.0 Å². The van der Waals surface area contributed by atoms with Gasteiger partial charge in [-0.15, -0.1) is 0 Å². The van der Waals surface area contributed by atoms with Gasteiger partial charge in [-0.2, -0.15) is 14.1 Å². The molecule has 0 spiro atoms. The molecule has 1 aliphatic heterocycles. The van der Waals surface area contributed by atoms with Gasteiger partial charge in [0.1, 0.15) is 4.90 Å². The van der Waals surface area contributed by atoms with Crippen molar-refractivity contribution in [3.63, 3.8) is 0 Å². The Kier molecular flexibility index (Phi) is 7.03. The number of aliphatic hydroxyl groups is 1. The van der Waals surface area contributed by atoms with Gasteiger partial charge >= 0.3 is 5.69 Å². The highest BCUT2D eigenvalue weighted by Crippen LogP contribution is 2.39. The van der Waals surface area contributed by atoms with E-state index in [1.54, 1.807) is 4.98 Å². The number of hydrogen-bond acceptors (Lipinski definition) is 9. The molecule has 36 heavy (non-hydrogen) atoms. The topological polar surface area (TPSA) is 168 Å². The standard InChI is InChI=1S/C19H15Cl2F2N5O7S/c20-10-3-8(28-19(32)25-18(31)15(26-28)17(22)23)4-11(21)16(10)35-14-5-13(12(30)6-24-14)36(33,34)27-2-1-9(29)7-27/h3-6,9,17,29-30H,1-2,7H2,(H,25,31,32)/t9-/m1/s1. The molecule has 1 atom stereocenters. The molecule has 192 valence electrons. The highest BCUT2D eigenvalue weighted by Gasteiger charge is 2.34. The summed E-state index contributed by atoms with van der Waals surface area (Å²) in [5, 5.41) is 22.6. The Balaban J connectivity index is 1.69. The van der Waals surface area contributed by atoms with Crippen LogP contribution in [0.2, 0.25) is 10.0 Å². The molecular weight excluding hydrogens is 551 g/mol. The van der Waals surface area contributed by atoms with Gasteiger partial charge in [0, 0.05) is 19.2 Å². The van der Waals surface area contributed by atoms with E-state index in [-0.39, 0.29) is 46.9 Å². The van der Waals surface area contributed by atoms with Crippen molar-refractivity contribution < 1.29 is 32.1 Å². The molecule has 1 aliphatic rings. The van der Waals surface area contributed by atoms with Gasteiger partial charge in [-0.1, -0.05) is 23.2 Å². The molecule has 0 aliphatic carbocycles.